The van der Waals surface area contributed by atoms with Crippen LogP contribution in [0.25, 0.3) is 0 Å². The van der Waals surface area contributed by atoms with Gasteiger partial charge in [0.2, 0.25) is 0 Å². The van der Waals surface area contributed by atoms with Crippen LogP contribution in [0.1, 0.15) is 31.1 Å². The van der Waals surface area contributed by atoms with Gasteiger partial charge in [0.1, 0.15) is 0 Å². The smallest absolute Gasteiger partial charge is 0.267 e. The van der Waals surface area contributed by atoms with Crippen LogP contribution in [0.4, 0.5) is 0 Å². The molecule has 1 N–H and O–H groups in total. The summed E-state index contributed by atoms with van der Waals surface area (Å²) in [6, 6.07) is 3.30. The zero-order valence-electron chi connectivity index (χ0n) is 9.19. The Hall–Kier alpha value is -1.71. The molecule has 1 aromatic heterocycles. The fourth-order valence-electron chi connectivity index (χ4n) is 0.836. The molecule has 0 bridgehead atoms. The lowest BCUT2D eigenvalue weighted by atomic mass is 10.1. The number of pyridine rings is 1. The number of hydrogen-bond acceptors (Lipinski definition) is 3. The van der Waals surface area contributed by atoms with Gasteiger partial charge in [-0.25, -0.2) is 5.43 Å². The van der Waals surface area contributed by atoms with Gasteiger partial charge in [-0.3, -0.25) is 9.78 Å². The van der Waals surface area contributed by atoms with Gasteiger partial charge in [-0.05, 0) is 25.0 Å². The van der Waals surface area contributed by atoms with Crippen LogP contribution in [0.5, 0.6) is 0 Å². The molecule has 1 aromatic rings. The SMILES string of the molecule is CC(=NNC(=O)c1ccncc1)C(C)C. The first-order valence-electron chi connectivity index (χ1n) is 4.86. The van der Waals surface area contributed by atoms with Crippen molar-refractivity contribution in [3.8, 4) is 0 Å². The molecule has 80 valence electrons. The van der Waals surface area contributed by atoms with Crippen molar-refractivity contribution in [2.45, 2.75) is 20.8 Å². The van der Waals surface area contributed by atoms with Crippen LogP contribution in [-0.4, -0.2) is 16.6 Å². The fraction of sp³-hybridized carbons (Fsp3) is 0.364. The highest BCUT2D eigenvalue weighted by Gasteiger charge is 2.03. The van der Waals surface area contributed by atoms with Gasteiger partial charge in [-0.1, -0.05) is 13.8 Å². The molecule has 15 heavy (non-hydrogen) atoms. The van der Waals surface area contributed by atoms with Crippen molar-refractivity contribution in [2.24, 2.45) is 11.0 Å². The minimum absolute atomic E-state index is 0.211. The molecule has 1 rings (SSSR count). The van der Waals surface area contributed by atoms with Crippen LogP contribution in [0, 0.1) is 5.92 Å². The predicted octanol–water partition coefficient (Wildman–Crippen LogP) is 1.84. The highest BCUT2D eigenvalue weighted by molar-refractivity contribution is 5.95. The molecule has 4 nitrogen and oxygen atoms in total. The van der Waals surface area contributed by atoms with Crippen LogP contribution in [0.15, 0.2) is 29.6 Å². The third-order valence-corrected chi connectivity index (χ3v) is 2.11. The number of aromatic nitrogens is 1. The van der Waals surface area contributed by atoms with Crippen molar-refractivity contribution in [1.29, 1.82) is 0 Å². The lowest BCUT2D eigenvalue weighted by molar-refractivity contribution is 0.0954. The lowest BCUT2D eigenvalue weighted by Crippen LogP contribution is -2.20. The average Bonchev–Trinajstić information content (AvgIpc) is 2.26. The summed E-state index contributed by atoms with van der Waals surface area (Å²) in [5.74, 6) is 0.125. The van der Waals surface area contributed by atoms with Gasteiger partial charge in [-0.15, -0.1) is 0 Å². The molecular weight excluding hydrogens is 190 g/mol. The summed E-state index contributed by atoms with van der Waals surface area (Å²) in [5.41, 5.74) is 3.96. The number of carbonyl (C=O) groups is 1. The summed E-state index contributed by atoms with van der Waals surface area (Å²) < 4.78 is 0. The van der Waals surface area contributed by atoms with Crippen LogP contribution < -0.4 is 5.43 Å². The van der Waals surface area contributed by atoms with Gasteiger partial charge >= 0.3 is 0 Å². The second kappa shape index (κ2) is 5.24. The molecule has 0 aliphatic rings. The first-order valence-corrected chi connectivity index (χ1v) is 4.86. The maximum absolute atomic E-state index is 11.5. The largest absolute Gasteiger partial charge is 0.271 e. The zero-order chi connectivity index (χ0) is 11.3. The summed E-state index contributed by atoms with van der Waals surface area (Å²) in [7, 11) is 0. The van der Waals surface area contributed by atoms with Crippen molar-refractivity contribution < 1.29 is 4.79 Å². The second-order valence-electron chi connectivity index (χ2n) is 3.58. The van der Waals surface area contributed by atoms with Crippen molar-refractivity contribution in [2.75, 3.05) is 0 Å². The molecule has 1 amide bonds. The Bertz CT molecular complexity index is 357. The van der Waals surface area contributed by atoms with E-state index in [0.717, 1.165) is 5.71 Å². The zero-order valence-corrected chi connectivity index (χ0v) is 9.19. The predicted molar refractivity (Wildman–Crippen MR) is 59.7 cm³/mol. The van der Waals surface area contributed by atoms with Gasteiger partial charge in [0.25, 0.3) is 5.91 Å². The maximum atomic E-state index is 11.5. The standard InChI is InChI=1S/C11H15N3O/c1-8(2)9(3)13-14-11(15)10-4-6-12-7-5-10/h4-8H,1-3H3,(H,14,15). The maximum Gasteiger partial charge on any atom is 0.271 e. The van der Waals surface area contributed by atoms with Crippen LogP contribution in [0.2, 0.25) is 0 Å². The molecule has 0 saturated carbocycles. The number of rotatable bonds is 3. The highest BCUT2D eigenvalue weighted by Crippen LogP contribution is 1.97. The average molecular weight is 205 g/mol. The van der Waals surface area contributed by atoms with E-state index in [0.29, 0.717) is 11.5 Å². The van der Waals surface area contributed by atoms with Crippen molar-refractivity contribution in [3.63, 3.8) is 0 Å². The minimum atomic E-state index is -0.211. The number of hydrogen-bond donors (Lipinski definition) is 1. The van der Waals surface area contributed by atoms with Crippen molar-refractivity contribution >= 4 is 11.6 Å². The summed E-state index contributed by atoms with van der Waals surface area (Å²) >= 11 is 0. The fourth-order valence-corrected chi connectivity index (χ4v) is 0.836. The van der Waals surface area contributed by atoms with Gasteiger partial charge in [0.05, 0.1) is 0 Å². The summed E-state index contributed by atoms with van der Waals surface area (Å²) in [6.45, 7) is 5.94. The van der Waals surface area contributed by atoms with Crippen LogP contribution >= 0.6 is 0 Å². The van der Waals surface area contributed by atoms with Crippen molar-refractivity contribution in [1.82, 2.24) is 10.4 Å². The number of nitrogens with one attached hydrogen (secondary N) is 1. The quantitative estimate of drug-likeness (QED) is 0.604. The van der Waals surface area contributed by atoms with E-state index in [4.69, 9.17) is 0 Å². The molecular formula is C11H15N3O. The molecule has 0 saturated heterocycles. The first kappa shape index (κ1) is 11.4. The molecule has 0 unspecified atom stereocenters. The molecule has 4 heteroatoms. The van der Waals surface area contributed by atoms with E-state index in [1.165, 1.54) is 0 Å². The van der Waals surface area contributed by atoms with Gasteiger partial charge in [-0.2, -0.15) is 5.10 Å². The molecule has 0 aromatic carbocycles. The van der Waals surface area contributed by atoms with Crippen LogP contribution in [0.3, 0.4) is 0 Å². The monoisotopic (exact) mass is 205 g/mol. The second-order valence-corrected chi connectivity index (χ2v) is 3.58. The summed E-state index contributed by atoms with van der Waals surface area (Å²) in [4.78, 5) is 15.4. The Morgan fingerprint density at radius 3 is 2.53 bits per heavy atom. The van der Waals surface area contributed by atoms with E-state index in [-0.39, 0.29) is 5.91 Å². The Morgan fingerprint density at radius 1 is 1.40 bits per heavy atom. The van der Waals surface area contributed by atoms with E-state index < -0.39 is 0 Å². The van der Waals surface area contributed by atoms with E-state index in [2.05, 4.69) is 15.5 Å². The molecule has 0 aliphatic heterocycles. The van der Waals surface area contributed by atoms with Crippen molar-refractivity contribution in [3.05, 3.63) is 30.1 Å². The minimum Gasteiger partial charge on any atom is -0.267 e. The number of nitrogens with zero attached hydrogens (tertiary/aromatic N) is 2. The molecule has 1 heterocycles. The third kappa shape index (κ3) is 3.50. The van der Waals surface area contributed by atoms with Gasteiger partial charge in [0, 0.05) is 23.7 Å². The first-order chi connectivity index (χ1) is 7.11. The number of amides is 1. The van der Waals surface area contributed by atoms with Crippen LogP contribution in [-0.2, 0) is 0 Å². The number of carbonyl (C=O) groups excluding carboxylic acids is 1. The molecule has 0 fully saturated rings. The van der Waals surface area contributed by atoms with E-state index in [9.17, 15) is 4.79 Å². The third-order valence-electron chi connectivity index (χ3n) is 2.11. The Labute approximate surface area is 89.4 Å². The highest BCUT2D eigenvalue weighted by atomic mass is 16.2. The Kier molecular flexibility index (Phi) is 3.97. The normalized spacial score (nSPS) is 11.6. The molecule has 0 atom stereocenters. The lowest BCUT2D eigenvalue weighted by Gasteiger charge is -2.04. The van der Waals surface area contributed by atoms with Gasteiger partial charge in [0.15, 0.2) is 0 Å². The topological polar surface area (TPSA) is 54.4 Å². The molecule has 0 radical (unpaired) electrons. The Balaban J connectivity index is 2.62. The summed E-state index contributed by atoms with van der Waals surface area (Å²) in [5, 5.41) is 4.00. The van der Waals surface area contributed by atoms with E-state index in [1.54, 1.807) is 24.5 Å². The summed E-state index contributed by atoms with van der Waals surface area (Å²) in [6.07, 6.45) is 3.15. The van der Waals surface area contributed by atoms with E-state index >= 15 is 0 Å². The molecule has 0 spiro atoms. The number of hydrazone groups is 1. The molecule has 0 aliphatic carbocycles. The van der Waals surface area contributed by atoms with E-state index in [1.807, 2.05) is 20.8 Å². The Morgan fingerprint density at radius 2 is 2.00 bits per heavy atom. The van der Waals surface area contributed by atoms with Gasteiger partial charge < -0.3 is 0 Å².